The first-order valence-electron chi connectivity index (χ1n) is 6.03. The summed E-state index contributed by atoms with van der Waals surface area (Å²) in [6.07, 6.45) is -0.852. The molecule has 7 nitrogen and oxygen atoms in total. The molecule has 0 saturated carbocycles. The van der Waals surface area contributed by atoms with Gasteiger partial charge in [0, 0.05) is 18.5 Å². The van der Waals surface area contributed by atoms with Gasteiger partial charge in [0.2, 0.25) is 0 Å². The molecule has 2 rings (SSSR count). The maximum absolute atomic E-state index is 12.3. The molecular weight excluding hydrogens is 266 g/mol. The summed E-state index contributed by atoms with van der Waals surface area (Å²) in [6.45, 7) is -0.0391. The molecule has 1 aromatic carbocycles. The number of likely N-dealkylation sites (tertiary alicyclic amines) is 1. The smallest absolute Gasteiger partial charge is 0.326 e. The van der Waals surface area contributed by atoms with Crippen LogP contribution in [0.2, 0.25) is 0 Å². The zero-order valence-corrected chi connectivity index (χ0v) is 10.8. The Morgan fingerprint density at radius 3 is 2.65 bits per heavy atom. The van der Waals surface area contributed by atoms with Crippen molar-refractivity contribution >= 4 is 11.9 Å². The summed E-state index contributed by atoms with van der Waals surface area (Å²) < 4.78 is 4.87. The molecule has 20 heavy (non-hydrogen) atoms. The average Bonchev–Trinajstić information content (AvgIpc) is 2.80. The molecule has 1 aromatic rings. The molecule has 3 N–H and O–H groups in total. The third-order valence-corrected chi connectivity index (χ3v) is 3.25. The normalized spacial score (nSPS) is 21.8. The van der Waals surface area contributed by atoms with E-state index in [1.807, 2.05) is 0 Å². The van der Waals surface area contributed by atoms with Gasteiger partial charge in [-0.2, -0.15) is 0 Å². The molecular formula is C13H15NO6. The number of carboxylic acid groups (broad SMARTS) is 1. The van der Waals surface area contributed by atoms with E-state index >= 15 is 0 Å². The number of phenolic OH excluding ortho intramolecular Hbond substituents is 1. The summed E-state index contributed by atoms with van der Waals surface area (Å²) in [6, 6.07) is 3.02. The highest BCUT2D eigenvalue weighted by Gasteiger charge is 2.39. The molecule has 1 fully saturated rings. The molecule has 2 atom stereocenters. The number of methoxy groups -OCH3 is 1. The Hall–Kier alpha value is -2.28. The van der Waals surface area contributed by atoms with Gasteiger partial charge in [-0.3, -0.25) is 4.79 Å². The van der Waals surface area contributed by atoms with E-state index in [1.54, 1.807) is 0 Å². The monoisotopic (exact) mass is 281 g/mol. The van der Waals surface area contributed by atoms with Crippen LogP contribution in [0.1, 0.15) is 16.8 Å². The fraction of sp³-hybridized carbons (Fsp3) is 0.385. The van der Waals surface area contributed by atoms with Gasteiger partial charge >= 0.3 is 5.97 Å². The number of carbonyl (C=O) groups excluding carboxylic acids is 1. The number of hydrogen-bond acceptors (Lipinski definition) is 5. The maximum atomic E-state index is 12.3. The van der Waals surface area contributed by atoms with Crippen molar-refractivity contribution in [2.75, 3.05) is 13.7 Å². The fourth-order valence-corrected chi connectivity index (χ4v) is 2.26. The Bertz CT molecular complexity index is 544. The lowest BCUT2D eigenvalue weighted by atomic mass is 10.1. The highest BCUT2D eigenvalue weighted by Crippen LogP contribution is 2.28. The predicted octanol–water partition coefficient (Wildman–Crippen LogP) is 0.0608. The lowest BCUT2D eigenvalue weighted by Gasteiger charge is -2.21. The van der Waals surface area contributed by atoms with Gasteiger partial charge in [-0.1, -0.05) is 0 Å². The Kier molecular flexibility index (Phi) is 3.80. The van der Waals surface area contributed by atoms with Crippen LogP contribution in [-0.2, 0) is 4.79 Å². The van der Waals surface area contributed by atoms with Gasteiger partial charge in [0.05, 0.1) is 13.2 Å². The Labute approximate surface area is 115 Å². The number of aliphatic carboxylic acids is 1. The molecule has 7 heteroatoms. The molecule has 1 amide bonds. The van der Waals surface area contributed by atoms with Crippen LogP contribution in [-0.4, -0.2) is 57.9 Å². The Morgan fingerprint density at radius 1 is 1.40 bits per heavy atom. The average molecular weight is 281 g/mol. The molecule has 0 spiro atoms. The molecule has 0 bridgehead atoms. The number of carbonyl (C=O) groups is 2. The van der Waals surface area contributed by atoms with Crippen molar-refractivity contribution in [3.63, 3.8) is 0 Å². The van der Waals surface area contributed by atoms with Gasteiger partial charge in [0.25, 0.3) is 5.91 Å². The van der Waals surface area contributed by atoms with Gasteiger partial charge in [-0.25, -0.2) is 4.79 Å². The van der Waals surface area contributed by atoms with E-state index < -0.39 is 24.0 Å². The molecule has 108 valence electrons. The summed E-state index contributed by atoms with van der Waals surface area (Å²) in [4.78, 5) is 24.4. The highest BCUT2D eigenvalue weighted by molar-refractivity contribution is 5.97. The van der Waals surface area contributed by atoms with E-state index in [0.29, 0.717) is 0 Å². The summed E-state index contributed by atoms with van der Waals surface area (Å²) in [7, 11) is 1.38. The topological polar surface area (TPSA) is 107 Å². The SMILES string of the molecule is COc1ccc(C(=O)N2CC(O)CC2C(=O)O)cc1O. The second kappa shape index (κ2) is 5.38. The van der Waals surface area contributed by atoms with Crippen LogP contribution in [0.25, 0.3) is 0 Å². The first-order valence-corrected chi connectivity index (χ1v) is 6.03. The molecule has 0 aliphatic carbocycles. The van der Waals surface area contributed by atoms with Gasteiger partial charge in [-0.05, 0) is 18.2 Å². The van der Waals surface area contributed by atoms with Crippen molar-refractivity contribution in [2.24, 2.45) is 0 Å². The number of ether oxygens (including phenoxy) is 1. The van der Waals surface area contributed by atoms with Crippen molar-refractivity contribution in [3.05, 3.63) is 23.8 Å². The lowest BCUT2D eigenvalue weighted by molar-refractivity contribution is -0.141. The number of aliphatic hydroxyl groups excluding tert-OH is 1. The summed E-state index contributed by atoms with van der Waals surface area (Å²) >= 11 is 0. The molecule has 1 saturated heterocycles. The van der Waals surface area contributed by atoms with E-state index in [1.165, 1.54) is 25.3 Å². The molecule has 1 aliphatic heterocycles. The van der Waals surface area contributed by atoms with E-state index in [0.717, 1.165) is 4.90 Å². The summed E-state index contributed by atoms with van der Waals surface area (Å²) in [5, 5.41) is 28.2. The van der Waals surface area contributed by atoms with Crippen LogP contribution in [0.15, 0.2) is 18.2 Å². The van der Waals surface area contributed by atoms with Gasteiger partial charge in [0.15, 0.2) is 11.5 Å². The zero-order valence-electron chi connectivity index (χ0n) is 10.8. The number of benzene rings is 1. The van der Waals surface area contributed by atoms with Crippen LogP contribution >= 0.6 is 0 Å². The van der Waals surface area contributed by atoms with Gasteiger partial charge in [-0.15, -0.1) is 0 Å². The standard InChI is InChI=1S/C13H15NO6/c1-20-11-3-2-7(4-10(11)16)12(17)14-6-8(15)5-9(14)13(18)19/h2-4,8-9,15-16H,5-6H2,1H3,(H,18,19). The number of aliphatic hydroxyl groups is 1. The number of amides is 1. The van der Waals surface area contributed by atoms with E-state index in [4.69, 9.17) is 9.84 Å². The largest absolute Gasteiger partial charge is 0.504 e. The van der Waals surface area contributed by atoms with E-state index in [2.05, 4.69) is 0 Å². The fourth-order valence-electron chi connectivity index (χ4n) is 2.26. The predicted molar refractivity (Wildman–Crippen MR) is 67.7 cm³/mol. The zero-order chi connectivity index (χ0) is 14.9. The Balaban J connectivity index is 2.26. The number of nitrogens with zero attached hydrogens (tertiary/aromatic N) is 1. The second-order valence-electron chi connectivity index (χ2n) is 4.59. The molecule has 0 aromatic heterocycles. The van der Waals surface area contributed by atoms with Crippen molar-refractivity contribution < 1.29 is 29.6 Å². The number of aromatic hydroxyl groups is 1. The van der Waals surface area contributed by atoms with Crippen molar-refractivity contribution in [1.82, 2.24) is 4.90 Å². The van der Waals surface area contributed by atoms with Crippen molar-refractivity contribution in [2.45, 2.75) is 18.6 Å². The number of hydrogen-bond donors (Lipinski definition) is 3. The summed E-state index contributed by atoms with van der Waals surface area (Å²) in [5.41, 5.74) is 0.142. The maximum Gasteiger partial charge on any atom is 0.326 e. The molecule has 1 aliphatic rings. The quantitative estimate of drug-likeness (QED) is 0.723. The first kappa shape index (κ1) is 14.1. The Morgan fingerprint density at radius 2 is 2.10 bits per heavy atom. The number of β-amino-alcohol motifs (C(OH)–C–C–N with tert-alkyl or cyclic N) is 1. The molecule has 0 radical (unpaired) electrons. The third kappa shape index (κ3) is 2.53. The second-order valence-corrected chi connectivity index (χ2v) is 4.59. The van der Waals surface area contributed by atoms with Gasteiger partial charge < -0.3 is 25.0 Å². The van der Waals surface area contributed by atoms with Crippen LogP contribution in [0.5, 0.6) is 11.5 Å². The van der Waals surface area contributed by atoms with Crippen LogP contribution < -0.4 is 4.74 Å². The number of carboxylic acids is 1. The van der Waals surface area contributed by atoms with Crippen LogP contribution in [0.3, 0.4) is 0 Å². The molecule has 2 unspecified atom stereocenters. The molecule has 1 heterocycles. The summed E-state index contributed by atoms with van der Waals surface area (Å²) in [5.74, 6) is -1.69. The third-order valence-electron chi connectivity index (χ3n) is 3.25. The first-order chi connectivity index (χ1) is 9.43. The number of rotatable bonds is 3. The minimum Gasteiger partial charge on any atom is -0.504 e. The van der Waals surface area contributed by atoms with Crippen molar-refractivity contribution in [1.29, 1.82) is 0 Å². The van der Waals surface area contributed by atoms with Crippen LogP contribution in [0, 0.1) is 0 Å². The van der Waals surface area contributed by atoms with E-state index in [-0.39, 0.29) is 30.0 Å². The highest BCUT2D eigenvalue weighted by atomic mass is 16.5. The van der Waals surface area contributed by atoms with Crippen LogP contribution in [0.4, 0.5) is 0 Å². The lowest BCUT2D eigenvalue weighted by Crippen LogP contribution is -2.40. The minimum absolute atomic E-state index is 0.00318. The van der Waals surface area contributed by atoms with Crippen molar-refractivity contribution in [3.8, 4) is 11.5 Å². The minimum atomic E-state index is -1.16. The number of phenols is 1. The van der Waals surface area contributed by atoms with Gasteiger partial charge in [0.1, 0.15) is 6.04 Å². The van der Waals surface area contributed by atoms with E-state index in [9.17, 15) is 19.8 Å².